The highest BCUT2D eigenvalue weighted by Crippen LogP contribution is 2.39. The quantitative estimate of drug-likeness (QED) is 0.717. The average Bonchev–Trinajstić information content (AvgIpc) is 2.32. The van der Waals surface area contributed by atoms with Crippen molar-refractivity contribution in [3.8, 4) is 0 Å². The number of alkyl halides is 4. The molecule has 1 heterocycles. The number of halogens is 4. The second kappa shape index (κ2) is 3.62. The molecule has 0 saturated heterocycles. The molecular formula is C4H2Cl4N2S. The van der Waals surface area contributed by atoms with Crippen LogP contribution in [0.5, 0.6) is 0 Å². The molecule has 0 N–H and O–H groups in total. The summed E-state index contributed by atoms with van der Waals surface area (Å²) in [5, 5.41) is 8.32. The molecule has 1 aromatic rings. The Hall–Kier alpha value is 0.720. The van der Waals surface area contributed by atoms with E-state index in [0.29, 0.717) is 15.9 Å². The molecule has 1 aromatic heterocycles. The molecule has 62 valence electrons. The predicted molar refractivity (Wildman–Crippen MR) is 48.7 cm³/mol. The fourth-order valence-corrected chi connectivity index (χ4v) is 1.66. The molecule has 0 saturated carbocycles. The van der Waals surface area contributed by atoms with Crippen LogP contribution < -0.4 is 0 Å². The summed E-state index contributed by atoms with van der Waals surface area (Å²) in [5.41, 5.74) is 0. The summed E-state index contributed by atoms with van der Waals surface area (Å²) in [6.45, 7) is 0. The molecular weight excluding hydrogens is 250 g/mol. The Morgan fingerprint density at radius 3 is 2.18 bits per heavy atom. The lowest BCUT2D eigenvalue weighted by atomic mass is 10.8. The summed E-state index contributed by atoms with van der Waals surface area (Å²) in [6.07, 6.45) is 0. The normalized spacial score (nSPS) is 12.0. The SMILES string of the molecule is ClCc1nnc(C(Cl)(Cl)Cl)s1. The number of aromatic nitrogens is 2. The van der Waals surface area contributed by atoms with Gasteiger partial charge in [-0.05, 0) is 0 Å². The number of hydrogen-bond donors (Lipinski definition) is 0. The van der Waals surface area contributed by atoms with Crippen LogP contribution in [0.1, 0.15) is 10.0 Å². The van der Waals surface area contributed by atoms with Crippen molar-refractivity contribution in [2.75, 3.05) is 0 Å². The fourth-order valence-electron chi connectivity index (χ4n) is 0.422. The van der Waals surface area contributed by atoms with Gasteiger partial charge in [0.2, 0.25) is 3.79 Å². The van der Waals surface area contributed by atoms with Crippen LogP contribution in [0.25, 0.3) is 0 Å². The Bertz CT molecular complexity index is 242. The van der Waals surface area contributed by atoms with Gasteiger partial charge >= 0.3 is 0 Å². The molecule has 0 bridgehead atoms. The fraction of sp³-hybridized carbons (Fsp3) is 0.500. The minimum atomic E-state index is -1.48. The highest BCUT2D eigenvalue weighted by atomic mass is 35.6. The van der Waals surface area contributed by atoms with Crippen LogP contribution in [0.4, 0.5) is 0 Å². The maximum Gasteiger partial charge on any atom is 0.243 e. The first kappa shape index (κ1) is 9.81. The van der Waals surface area contributed by atoms with E-state index >= 15 is 0 Å². The van der Waals surface area contributed by atoms with Crippen molar-refractivity contribution in [2.45, 2.75) is 9.67 Å². The molecule has 0 unspecified atom stereocenters. The molecule has 2 nitrogen and oxygen atoms in total. The minimum absolute atomic E-state index is 0.290. The van der Waals surface area contributed by atoms with Gasteiger partial charge in [-0.25, -0.2) is 0 Å². The molecule has 1 rings (SSSR count). The lowest BCUT2D eigenvalue weighted by Gasteiger charge is -2.02. The topological polar surface area (TPSA) is 25.8 Å². The van der Waals surface area contributed by atoms with Gasteiger partial charge in [0.1, 0.15) is 5.01 Å². The highest BCUT2D eigenvalue weighted by Gasteiger charge is 2.27. The van der Waals surface area contributed by atoms with Gasteiger partial charge in [0, 0.05) is 0 Å². The molecule has 0 aromatic carbocycles. The standard InChI is InChI=1S/C4H2Cl4N2S/c5-1-2-9-10-3(11-2)4(6,7)8/h1H2. The summed E-state index contributed by atoms with van der Waals surface area (Å²) >= 11 is 23.2. The molecule has 0 amide bonds. The third kappa shape index (κ3) is 2.60. The van der Waals surface area contributed by atoms with Gasteiger partial charge in [-0.15, -0.1) is 21.8 Å². The first-order valence-electron chi connectivity index (χ1n) is 2.49. The van der Waals surface area contributed by atoms with Crippen molar-refractivity contribution in [1.82, 2.24) is 10.2 Å². The summed E-state index contributed by atoms with van der Waals surface area (Å²) in [5.74, 6) is 0.290. The zero-order chi connectivity index (χ0) is 8.48. The molecule has 11 heavy (non-hydrogen) atoms. The first-order chi connectivity index (χ1) is 5.04. The van der Waals surface area contributed by atoms with Crippen LogP contribution in [0.3, 0.4) is 0 Å². The first-order valence-corrected chi connectivity index (χ1v) is 4.98. The maximum absolute atomic E-state index is 5.52. The van der Waals surface area contributed by atoms with Crippen molar-refractivity contribution in [2.24, 2.45) is 0 Å². The van der Waals surface area contributed by atoms with E-state index in [1.165, 1.54) is 11.3 Å². The van der Waals surface area contributed by atoms with E-state index in [0.717, 1.165) is 0 Å². The molecule has 0 fully saturated rings. The van der Waals surface area contributed by atoms with Gasteiger partial charge in [0.05, 0.1) is 5.88 Å². The highest BCUT2D eigenvalue weighted by molar-refractivity contribution is 7.12. The molecule has 0 aliphatic rings. The molecule has 7 heteroatoms. The zero-order valence-electron chi connectivity index (χ0n) is 5.02. The molecule has 0 aliphatic heterocycles. The Morgan fingerprint density at radius 2 is 1.91 bits per heavy atom. The van der Waals surface area contributed by atoms with Crippen molar-refractivity contribution in [1.29, 1.82) is 0 Å². The van der Waals surface area contributed by atoms with Gasteiger partial charge in [-0.1, -0.05) is 46.1 Å². The summed E-state index contributed by atoms with van der Waals surface area (Å²) in [4.78, 5) is 0. The van der Waals surface area contributed by atoms with E-state index in [1.54, 1.807) is 0 Å². The van der Waals surface area contributed by atoms with Gasteiger partial charge in [0.25, 0.3) is 0 Å². The molecule has 0 radical (unpaired) electrons. The van der Waals surface area contributed by atoms with Gasteiger partial charge in [0.15, 0.2) is 5.01 Å². The smallest absolute Gasteiger partial charge is 0.142 e. The number of nitrogens with zero attached hydrogens (tertiary/aromatic N) is 2. The second-order valence-corrected chi connectivity index (χ2v) is 5.24. The largest absolute Gasteiger partial charge is 0.243 e. The summed E-state index contributed by atoms with van der Waals surface area (Å²) in [7, 11) is 0. The Kier molecular flexibility index (Phi) is 3.23. The summed E-state index contributed by atoms with van der Waals surface area (Å²) in [6, 6.07) is 0. The Morgan fingerprint density at radius 1 is 1.27 bits per heavy atom. The molecule has 0 atom stereocenters. The van der Waals surface area contributed by atoms with Crippen molar-refractivity contribution in [3.05, 3.63) is 10.0 Å². The van der Waals surface area contributed by atoms with E-state index in [-0.39, 0.29) is 0 Å². The van der Waals surface area contributed by atoms with Crippen molar-refractivity contribution < 1.29 is 0 Å². The monoisotopic (exact) mass is 250 g/mol. The van der Waals surface area contributed by atoms with Crippen molar-refractivity contribution >= 4 is 57.7 Å². The second-order valence-electron chi connectivity index (χ2n) is 1.63. The van der Waals surface area contributed by atoms with Crippen LogP contribution in [-0.2, 0) is 9.67 Å². The summed E-state index contributed by atoms with van der Waals surface area (Å²) < 4.78 is -1.48. The van der Waals surface area contributed by atoms with Crippen LogP contribution in [0.15, 0.2) is 0 Å². The third-order valence-corrected chi connectivity index (χ3v) is 3.15. The Balaban J connectivity index is 2.89. The predicted octanol–water partition coefficient (Wildman–Crippen LogP) is 3.10. The van der Waals surface area contributed by atoms with Gasteiger partial charge in [-0.3, -0.25) is 0 Å². The third-order valence-electron chi connectivity index (χ3n) is 0.824. The van der Waals surface area contributed by atoms with Crippen LogP contribution in [0, 0.1) is 0 Å². The Labute approximate surface area is 87.4 Å². The van der Waals surface area contributed by atoms with E-state index < -0.39 is 3.79 Å². The lowest BCUT2D eigenvalue weighted by molar-refractivity contribution is 0.977. The van der Waals surface area contributed by atoms with Gasteiger partial charge in [-0.2, -0.15) is 0 Å². The average molecular weight is 252 g/mol. The minimum Gasteiger partial charge on any atom is -0.142 e. The van der Waals surface area contributed by atoms with E-state index in [1.807, 2.05) is 0 Å². The number of rotatable bonds is 1. The lowest BCUT2D eigenvalue weighted by Crippen LogP contribution is -1.98. The number of hydrogen-bond acceptors (Lipinski definition) is 3. The van der Waals surface area contributed by atoms with E-state index in [9.17, 15) is 0 Å². The molecule has 0 spiro atoms. The zero-order valence-corrected chi connectivity index (χ0v) is 8.86. The van der Waals surface area contributed by atoms with E-state index in [2.05, 4.69) is 10.2 Å². The van der Waals surface area contributed by atoms with Crippen molar-refractivity contribution in [3.63, 3.8) is 0 Å². The maximum atomic E-state index is 5.52. The van der Waals surface area contributed by atoms with E-state index in [4.69, 9.17) is 46.4 Å². The molecule has 0 aliphatic carbocycles. The van der Waals surface area contributed by atoms with Crippen LogP contribution >= 0.6 is 57.7 Å². The van der Waals surface area contributed by atoms with Crippen LogP contribution in [-0.4, -0.2) is 10.2 Å². The van der Waals surface area contributed by atoms with Gasteiger partial charge < -0.3 is 0 Å². The van der Waals surface area contributed by atoms with Crippen LogP contribution in [0.2, 0.25) is 0 Å².